The number of carbonyl (C=O) groups excluding carboxylic acids is 3. The number of rotatable bonds is 12. The zero-order chi connectivity index (χ0) is 33.4. The van der Waals surface area contributed by atoms with Gasteiger partial charge in [-0.2, -0.15) is 0 Å². The third-order valence-electron chi connectivity index (χ3n) is 8.22. The standard InChI is InChI=1S/C36H41N5O5/c1-38(2)41(5)35(44)32(22-25-12-7-6-8-13-25)40(4)34(43)31(23-26-18-19-28-15-9-10-16-29(28)20-26)39(3)33(42)30-17-11-14-27(21-30)24-37-36(45)46/h6-21,31-32,37H,22-24H2,1-5H3,(H,45,46)/t31-,32-/m1/s1. The van der Waals surface area contributed by atoms with Gasteiger partial charge in [-0.05, 0) is 39.6 Å². The molecule has 10 heteroatoms. The number of hydrogen-bond donors (Lipinski definition) is 2. The number of fused-ring (bicyclic) bond motifs is 1. The van der Waals surface area contributed by atoms with Gasteiger partial charge in [0.1, 0.15) is 12.1 Å². The van der Waals surface area contributed by atoms with Crippen LogP contribution < -0.4 is 5.32 Å². The molecule has 0 saturated heterocycles. The van der Waals surface area contributed by atoms with Crippen LogP contribution in [0.25, 0.3) is 10.8 Å². The molecule has 0 bridgehead atoms. The van der Waals surface area contributed by atoms with Gasteiger partial charge in [-0.15, -0.1) is 0 Å². The molecule has 4 aromatic carbocycles. The molecule has 0 unspecified atom stereocenters. The van der Waals surface area contributed by atoms with Crippen LogP contribution >= 0.6 is 0 Å². The fraction of sp³-hybridized carbons (Fsp3) is 0.278. The van der Waals surface area contributed by atoms with Crippen molar-refractivity contribution in [2.45, 2.75) is 31.5 Å². The van der Waals surface area contributed by atoms with Gasteiger partial charge in [0.25, 0.3) is 11.8 Å². The molecule has 0 fully saturated rings. The molecule has 4 aromatic rings. The number of benzene rings is 4. The van der Waals surface area contributed by atoms with Gasteiger partial charge in [-0.1, -0.05) is 84.9 Å². The second-order valence-corrected chi connectivity index (χ2v) is 11.5. The molecule has 0 radical (unpaired) electrons. The molecular weight excluding hydrogens is 582 g/mol. The van der Waals surface area contributed by atoms with Crippen molar-refractivity contribution in [3.8, 4) is 0 Å². The normalized spacial score (nSPS) is 12.3. The first-order valence-electron chi connectivity index (χ1n) is 15.0. The van der Waals surface area contributed by atoms with E-state index in [1.165, 1.54) is 14.8 Å². The third kappa shape index (κ3) is 8.28. The first-order chi connectivity index (χ1) is 22.0. The van der Waals surface area contributed by atoms with Gasteiger partial charge in [0.05, 0.1) is 0 Å². The van der Waals surface area contributed by atoms with E-state index in [2.05, 4.69) is 5.32 Å². The number of amides is 4. The summed E-state index contributed by atoms with van der Waals surface area (Å²) in [6.07, 6.45) is -0.664. The second kappa shape index (κ2) is 15.2. The Morgan fingerprint density at radius 1 is 0.630 bits per heavy atom. The Bertz CT molecular complexity index is 1690. The number of nitrogens with zero attached hydrogens (tertiary/aromatic N) is 4. The highest BCUT2D eigenvalue weighted by Crippen LogP contribution is 2.21. The summed E-state index contributed by atoms with van der Waals surface area (Å²) in [7, 11) is 8.37. The van der Waals surface area contributed by atoms with E-state index in [0.717, 1.165) is 21.9 Å². The van der Waals surface area contributed by atoms with E-state index in [4.69, 9.17) is 5.11 Å². The molecule has 0 saturated carbocycles. The summed E-state index contributed by atoms with van der Waals surface area (Å²) in [4.78, 5) is 56.2. The van der Waals surface area contributed by atoms with Gasteiger partial charge in [0, 0.05) is 60.2 Å². The predicted octanol–water partition coefficient (Wildman–Crippen LogP) is 4.30. The van der Waals surface area contributed by atoms with Gasteiger partial charge in [0.15, 0.2) is 0 Å². The topological polar surface area (TPSA) is 114 Å². The summed E-state index contributed by atoms with van der Waals surface area (Å²) < 4.78 is 0. The van der Waals surface area contributed by atoms with E-state index < -0.39 is 24.1 Å². The lowest BCUT2D eigenvalue weighted by molar-refractivity contribution is -0.153. The zero-order valence-electron chi connectivity index (χ0n) is 26.9. The maximum atomic E-state index is 14.5. The lowest BCUT2D eigenvalue weighted by Gasteiger charge is -2.37. The van der Waals surface area contributed by atoms with Crippen LogP contribution in [0, 0.1) is 0 Å². The molecule has 240 valence electrons. The Labute approximate surface area is 269 Å². The van der Waals surface area contributed by atoms with E-state index >= 15 is 0 Å². The van der Waals surface area contributed by atoms with Crippen molar-refractivity contribution in [2.24, 2.45) is 0 Å². The van der Waals surface area contributed by atoms with Crippen molar-refractivity contribution >= 4 is 34.6 Å². The molecule has 2 atom stereocenters. The first-order valence-corrected chi connectivity index (χ1v) is 15.0. The summed E-state index contributed by atoms with van der Waals surface area (Å²) in [5, 5.41) is 16.5. The molecule has 0 spiro atoms. The maximum absolute atomic E-state index is 14.5. The minimum absolute atomic E-state index is 0.0328. The van der Waals surface area contributed by atoms with Gasteiger partial charge in [-0.3, -0.25) is 19.4 Å². The highest BCUT2D eigenvalue weighted by atomic mass is 16.4. The summed E-state index contributed by atoms with van der Waals surface area (Å²) in [5.41, 5.74) is 2.68. The molecule has 0 aliphatic rings. The molecule has 0 aliphatic carbocycles. The zero-order valence-corrected chi connectivity index (χ0v) is 26.9. The molecule has 10 nitrogen and oxygen atoms in total. The van der Waals surface area contributed by atoms with E-state index in [9.17, 15) is 19.2 Å². The molecule has 4 rings (SSSR count). The van der Waals surface area contributed by atoms with Crippen molar-refractivity contribution in [3.05, 3.63) is 119 Å². The predicted molar refractivity (Wildman–Crippen MR) is 178 cm³/mol. The molecule has 0 aromatic heterocycles. The van der Waals surface area contributed by atoms with Crippen LogP contribution in [0.3, 0.4) is 0 Å². The molecule has 2 N–H and O–H groups in total. The number of hydrogen-bond acceptors (Lipinski definition) is 5. The van der Waals surface area contributed by atoms with Crippen LogP contribution in [-0.2, 0) is 29.0 Å². The van der Waals surface area contributed by atoms with Gasteiger partial charge in [0.2, 0.25) is 5.91 Å². The second-order valence-electron chi connectivity index (χ2n) is 11.5. The number of likely N-dealkylation sites (N-methyl/N-ethyl adjacent to an activating group) is 3. The van der Waals surface area contributed by atoms with Crippen LogP contribution in [0.4, 0.5) is 4.79 Å². The monoisotopic (exact) mass is 623 g/mol. The molecule has 46 heavy (non-hydrogen) atoms. The fourth-order valence-electron chi connectivity index (χ4n) is 5.34. The lowest BCUT2D eigenvalue weighted by Crippen LogP contribution is -2.57. The Morgan fingerprint density at radius 3 is 1.91 bits per heavy atom. The average molecular weight is 624 g/mol. The van der Waals surface area contributed by atoms with Crippen LogP contribution in [0.1, 0.15) is 27.0 Å². The Kier molecular flexibility index (Phi) is 11.1. The van der Waals surface area contributed by atoms with E-state index in [1.54, 1.807) is 64.5 Å². The first kappa shape index (κ1) is 33.7. The molecule has 0 heterocycles. The Balaban J connectivity index is 1.71. The minimum Gasteiger partial charge on any atom is -0.465 e. The number of carboxylic acid groups (broad SMARTS) is 1. The summed E-state index contributed by atoms with van der Waals surface area (Å²) in [6.45, 7) is 0.0328. The van der Waals surface area contributed by atoms with E-state index in [0.29, 0.717) is 17.5 Å². The van der Waals surface area contributed by atoms with Crippen molar-refractivity contribution in [1.82, 2.24) is 25.1 Å². The van der Waals surface area contributed by atoms with E-state index in [1.807, 2.05) is 72.8 Å². The minimum atomic E-state index is -1.17. The molecule has 0 aliphatic heterocycles. The van der Waals surface area contributed by atoms with Gasteiger partial charge >= 0.3 is 6.09 Å². The van der Waals surface area contributed by atoms with Crippen molar-refractivity contribution in [1.29, 1.82) is 0 Å². The average Bonchev–Trinajstić information content (AvgIpc) is 3.07. The quantitative estimate of drug-likeness (QED) is 0.228. The van der Waals surface area contributed by atoms with Gasteiger partial charge in [-0.25, -0.2) is 9.80 Å². The largest absolute Gasteiger partial charge is 0.465 e. The van der Waals surface area contributed by atoms with Crippen molar-refractivity contribution in [2.75, 3.05) is 35.2 Å². The fourth-order valence-corrected chi connectivity index (χ4v) is 5.34. The summed E-state index contributed by atoms with van der Waals surface area (Å²) >= 11 is 0. The molecule has 4 amide bonds. The smallest absolute Gasteiger partial charge is 0.404 e. The number of hydrazine groups is 1. The van der Waals surface area contributed by atoms with Crippen LogP contribution in [0.15, 0.2) is 97.1 Å². The highest BCUT2D eigenvalue weighted by Gasteiger charge is 2.37. The number of carbonyl (C=O) groups is 4. The Hall–Kier alpha value is -5.22. The van der Waals surface area contributed by atoms with Crippen molar-refractivity contribution < 1.29 is 24.3 Å². The van der Waals surface area contributed by atoms with Crippen LogP contribution in [-0.4, -0.2) is 96.1 Å². The summed E-state index contributed by atoms with van der Waals surface area (Å²) in [5.74, 6) is -1.04. The lowest BCUT2D eigenvalue weighted by atomic mass is 9.98. The third-order valence-corrected chi connectivity index (χ3v) is 8.22. The summed E-state index contributed by atoms with van der Waals surface area (Å²) in [6, 6.07) is 28.3. The van der Waals surface area contributed by atoms with Crippen LogP contribution in [0.2, 0.25) is 0 Å². The van der Waals surface area contributed by atoms with Crippen LogP contribution in [0.5, 0.6) is 0 Å². The Morgan fingerprint density at radius 2 is 1.24 bits per heavy atom. The van der Waals surface area contributed by atoms with E-state index in [-0.39, 0.29) is 24.8 Å². The van der Waals surface area contributed by atoms with Crippen molar-refractivity contribution in [3.63, 3.8) is 0 Å². The van der Waals surface area contributed by atoms with Gasteiger partial charge < -0.3 is 20.2 Å². The maximum Gasteiger partial charge on any atom is 0.404 e. The highest BCUT2D eigenvalue weighted by molar-refractivity contribution is 5.98. The molecular formula is C36H41N5O5. The number of nitrogens with one attached hydrogen (secondary N) is 1. The SMILES string of the molecule is CN(C(=O)c1cccc(CNC(=O)O)c1)[C@H](Cc1ccc2ccccc2c1)C(=O)N(C)[C@H](Cc1ccccc1)C(=O)N(C)N(C)C.